The maximum atomic E-state index is 14.0. The third-order valence-corrected chi connectivity index (χ3v) is 3.95. The summed E-state index contributed by atoms with van der Waals surface area (Å²) in [6.45, 7) is 1.31. The molecule has 0 N–H and O–H groups in total. The number of benzene rings is 2. The second-order valence-corrected chi connectivity index (χ2v) is 5.76. The van der Waals surface area contributed by atoms with Crippen molar-refractivity contribution in [3.63, 3.8) is 0 Å². The van der Waals surface area contributed by atoms with Gasteiger partial charge in [-0.1, -0.05) is 6.07 Å². The first-order valence-corrected chi connectivity index (χ1v) is 7.76. The van der Waals surface area contributed by atoms with E-state index in [9.17, 15) is 22.4 Å². The predicted octanol–water partition coefficient (Wildman–Crippen LogP) is 5.10. The number of halogens is 4. The van der Waals surface area contributed by atoms with E-state index in [1.807, 2.05) is 0 Å². The van der Waals surface area contributed by atoms with Gasteiger partial charge >= 0.3 is 0 Å². The average molecular weight is 359 g/mol. The highest BCUT2D eigenvalue weighted by atomic mass is 19.2. The van der Waals surface area contributed by atoms with Crippen molar-refractivity contribution in [1.82, 2.24) is 4.98 Å². The van der Waals surface area contributed by atoms with Crippen LogP contribution in [0.4, 0.5) is 17.6 Å². The van der Waals surface area contributed by atoms with Gasteiger partial charge in [0.15, 0.2) is 17.4 Å². The van der Waals surface area contributed by atoms with Crippen molar-refractivity contribution in [3.8, 4) is 11.3 Å². The zero-order valence-corrected chi connectivity index (χ0v) is 13.7. The molecule has 0 aliphatic heterocycles. The fourth-order valence-corrected chi connectivity index (χ4v) is 2.67. The van der Waals surface area contributed by atoms with Crippen LogP contribution in [-0.4, -0.2) is 10.8 Å². The Bertz CT molecular complexity index is 1000. The molecule has 0 amide bonds. The summed E-state index contributed by atoms with van der Waals surface area (Å²) in [7, 11) is 0. The van der Waals surface area contributed by atoms with Gasteiger partial charge in [-0.25, -0.2) is 17.6 Å². The Balaban J connectivity index is 2.12. The lowest BCUT2D eigenvalue weighted by atomic mass is 10.0. The lowest BCUT2D eigenvalue weighted by Gasteiger charge is -2.11. The number of carbonyl (C=O) groups is 1. The molecule has 3 rings (SSSR count). The van der Waals surface area contributed by atoms with E-state index in [4.69, 9.17) is 0 Å². The summed E-state index contributed by atoms with van der Waals surface area (Å²) in [6.07, 6.45) is -0.163. The maximum absolute atomic E-state index is 14.0. The van der Waals surface area contributed by atoms with E-state index >= 15 is 0 Å². The molecule has 0 saturated heterocycles. The number of rotatable bonds is 4. The Kier molecular flexibility index (Phi) is 4.84. The molecule has 0 bridgehead atoms. The molecule has 1 heterocycles. The van der Waals surface area contributed by atoms with Gasteiger partial charge < -0.3 is 0 Å². The normalized spacial score (nSPS) is 10.8. The van der Waals surface area contributed by atoms with Crippen LogP contribution in [0.2, 0.25) is 0 Å². The van der Waals surface area contributed by atoms with Gasteiger partial charge in [-0.15, -0.1) is 0 Å². The van der Waals surface area contributed by atoms with E-state index in [0.29, 0.717) is 0 Å². The molecule has 0 unspecified atom stereocenters. The molecule has 2 aromatic carbocycles. The molecule has 0 aliphatic rings. The van der Waals surface area contributed by atoms with E-state index in [-0.39, 0.29) is 40.3 Å². The number of ketones is 1. The monoisotopic (exact) mass is 359 g/mol. The number of pyridine rings is 1. The average Bonchev–Trinajstić information content (AvgIpc) is 2.60. The van der Waals surface area contributed by atoms with Crippen LogP contribution in [0.5, 0.6) is 0 Å². The second-order valence-electron chi connectivity index (χ2n) is 5.76. The SMILES string of the molecule is CC(=O)c1ccc(-c2cccc(F)c2F)nc1Cc1cc(F)ccc1F. The van der Waals surface area contributed by atoms with Crippen LogP contribution in [0, 0.1) is 23.3 Å². The molecule has 26 heavy (non-hydrogen) atoms. The van der Waals surface area contributed by atoms with Crippen LogP contribution >= 0.6 is 0 Å². The zero-order valence-electron chi connectivity index (χ0n) is 13.7. The van der Waals surface area contributed by atoms with Gasteiger partial charge in [-0.2, -0.15) is 0 Å². The first-order valence-electron chi connectivity index (χ1n) is 7.76. The Morgan fingerprint density at radius 1 is 0.962 bits per heavy atom. The summed E-state index contributed by atoms with van der Waals surface area (Å²) in [5.41, 5.74) is 0.383. The van der Waals surface area contributed by atoms with Crippen LogP contribution in [0.1, 0.15) is 28.5 Å². The molecule has 0 spiro atoms. The van der Waals surface area contributed by atoms with E-state index < -0.39 is 23.3 Å². The van der Waals surface area contributed by atoms with Crippen molar-refractivity contribution < 1.29 is 22.4 Å². The summed E-state index contributed by atoms with van der Waals surface area (Å²) in [5, 5.41) is 0. The molecule has 0 fully saturated rings. The topological polar surface area (TPSA) is 30.0 Å². The van der Waals surface area contributed by atoms with E-state index in [0.717, 1.165) is 24.3 Å². The highest BCUT2D eigenvalue weighted by Gasteiger charge is 2.17. The van der Waals surface area contributed by atoms with Crippen LogP contribution in [-0.2, 0) is 6.42 Å². The Morgan fingerprint density at radius 2 is 1.73 bits per heavy atom. The number of Topliss-reactive ketones (excluding diaryl/α,β-unsaturated/α-hetero) is 1. The zero-order chi connectivity index (χ0) is 18.8. The van der Waals surface area contributed by atoms with Crippen LogP contribution in [0.3, 0.4) is 0 Å². The van der Waals surface area contributed by atoms with Crippen molar-refractivity contribution >= 4 is 5.78 Å². The minimum atomic E-state index is -1.07. The van der Waals surface area contributed by atoms with Crippen molar-refractivity contribution in [2.75, 3.05) is 0 Å². The first kappa shape index (κ1) is 17.8. The van der Waals surface area contributed by atoms with Crippen molar-refractivity contribution in [2.24, 2.45) is 0 Å². The predicted molar refractivity (Wildman–Crippen MR) is 88.8 cm³/mol. The van der Waals surface area contributed by atoms with Crippen LogP contribution in [0.15, 0.2) is 48.5 Å². The molecule has 1 aromatic heterocycles. The Labute approximate surface area is 147 Å². The van der Waals surface area contributed by atoms with Gasteiger partial charge in [0.1, 0.15) is 11.6 Å². The van der Waals surface area contributed by atoms with Crippen molar-refractivity contribution in [3.05, 3.63) is 88.6 Å². The fraction of sp³-hybridized carbons (Fsp3) is 0.100. The summed E-state index contributed by atoms with van der Waals surface area (Å²) in [6, 6.07) is 9.44. The van der Waals surface area contributed by atoms with Gasteiger partial charge in [0, 0.05) is 17.5 Å². The van der Waals surface area contributed by atoms with E-state index in [1.54, 1.807) is 0 Å². The third-order valence-electron chi connectivity index (χ3n) is 3.95. The lowest BCUT2D eigenvalue weighted by molar-refractivity contribution is 0.101. The van der Waals surface area contributed by atoms with Crippen LogP contribution in [0.25, 0.3) is 11.3 Å². The van der Waals surface area contributed by atoms with E-state index in [1.165, 1.54) is 31.2 Å². The third kappa shape index (κ3) is 3.49. The summed E-state index contributed by atoms with van der Waals surface area (Å²) in [4.78, 5) is 16.1. The van der Waals surface area contributed by atoms with Crippen LogP contribution < -0.4 is 0 Å². The molecule has 3 aromatic rings. The largest absolute Gasteiger partial charge is 0.294 e. The van der Waals surface area contributed by atoms with Crippen molar-refractivity contribution in [1.29, 1.82) is 0 Å². The molecule has 6 heteroatoms. The smallest absolute Gasteiger partial charge is 0.168 e. The number of aromatic nitrogens is 1. The van der Waals surface area contributed by atoms with Crippen molar-refractivity contribution in [2.45, 2.75) is 13.3 Å². The van der Waals surface area contributed by atoms with E-state index in [2.05, 4.69) is 4.98 Å². The lowest BCUT2D eigenvalue weighted by Crippen LogP contribution is -2.06. The number of hydrogen-bond acceptors (Lipinski definition) is 2. The molecule has 0 aliphatic carbocycles. The summed E-state index contributed by atoms with van der Waals surface area (Å²) in [5.74, 6) is -3.70. The van der Waals surface area contributed by atoms with Gasteiger partial charge in [-0.3, -0.25) is 9.78 Å². The Hall–Kier alpha value is -3.02. The minimum absolute atomic E-state index is 0.0110. The minimum Gasteiger partial charge on any atom is -0.294 e. The summed E-state index contributed by atoms with van der Waals surface area (Å²) >= 11 is 0. The molecule has 132 valence electrons. The maximum Gasteiger partial charge on any atom is 0.168 e. The molecule has 0 atom stereocenters. The van der Waals surface area contributed by atoms with Gasteiger partial charge in [0.05, 0.1) is 11.4 Å². The molecule has 2 nitrogen and oxygen atoms in total. The van der Waals surface area contributed by atoms with Gasteiger partial charge in [0.2, 0.25) is 0 Å². The molecular formula is C20H13F4NO. The number of hydrogen-bond donors (Lipinski definition) is 0. The fourth-order valence-electron chi connectivity index (χ4n) is 2.67. The number of carbonyl (C=O) groups excluding carboxylic acids is 1. The molecule has 0 radical (unpaired) electrons. The van der Waals surface area contributed by atoms with Gasteiger partial charge in [0.25, 0.3) is 0 Å². The number of nitrogens with zero attached hydrogens (tertiary/aromatic N) is 1. The highest BCUT2D eigenvalue weighted by molar-refractivity contribution is 5.95. The summed E-state index contributed by atoms with van der Waals surface area (Å²) < 4.78 is 54.8. The first-order chi connectivity index (χ1) is 12.4. The highest BCUT2D eigenvalue weighted by Crippen LogP contribution is 2.25. The quantitative estimate of drug-likeness (QED) is 0.479. The molecular weight excluding hydrogens is 346 g/mol. The Morgan fingerprint density at radius 3 is 2.46 bits per heavy atom. The standard InChI is InChI=1S/C20H13F4NO/c1-11(26)14-6-8-18(15-3-2-4-17(23)20(15)24)25-19(14)10-12-9-13(21)5-7-16(12)22/h2-9H,10H2,1H3. The molecule has 0 saturated carbocycles. The second kappa shape index (κ2) is 7.07. The van der Waals surface area contributed by atoms with Gasteiger partial charge in [-0.05, 0) is 55.0 Å².